The van der Waals surface area contributed by atoms with Gasteiger partial charge in [0.15, 0.2) is 4.99 Å². The van der Waals surface area contributed by atoms with Crippen LogP contribution < -0.4 is 10.6 Å². The summed E-state index contributed by atoms with van der Waals surface area (Å²) in [4.78, 5) is 12.3. The first-order chi connectivity index (χ1) is 9.65. The van der Waals surface area contributed by atoms with E-state index in [1.54, 1.807) is 0 Å². The summed E-state index contributed by atoms with van der Waals surface area (Å²) in [6.45, 7) is 2.02. The third kappa shape index (κ3) is 4.60. The van der Waals surface area contributed by atoms with Gasteiger partial charge >= 0.3 is 0 Å². The van der Waals surface area contributed by atoms with Gasteiger partial charge in [0.05, 0.1) is 0 Å². The van der Waals surface area contributed by atoms with Crippen molar-refractivity contribution >= 4 is 23.1 Å². The van der Waals surface area contributed by atoms with Gasteiger partial charge in [-0.25, -0.2) is 0 Å². The summed E-state index contributed by atoms with van der Waals surface area (Å²) in [5.41, 5.74) is 1.30. The van der Waals surface area contributed by atoms with E-state index >= 15 is 0 Å². The van der Waals surface area contributed by atoms with Gasteiger partial charge < -0.3 is 10.6 Å². The molecule has 1 aliphatic rings. The molecule has 0 bridgehead atoms. The van der Waals surface area contributed by atoms with E-state index in [1.165, 1.54) is 12.0 Å². The predicted molar refractivity (Wildman–Crippen MR) is 85.7 cm³/mol. The van der Waals surface area contributed by atoms with Crippen LogP contribution in [0.25, 0.3) is 0 Å². The fourth-order valence-electron chi connectivity index (χ4n) is 2.19. The second kappa shape index (κ2) is 7.39. The van der Waals surface area contributed by atoms with Crippen LogP contribution in [0, 0.1) is 0 Å². The molecule has 0 radical (unpaired) electrons. The second-order valence-corrected chi connectivity index (χ2v) is 5.91. The van der Waals surface area contributed by atoms with E-state index in [2.05, 4.69) is 22.8 Å². The van der Waals surface area contributed by atoms with E-state index in [9.17, 15) is 4.79 Å². The van der Waals surface area contributed by atoms with Gasteiger partial charge in [-0.15, -0.1) is 0 Å². The van der Waals surface area contributed by atoms with Crippen LogP contribution in [0.15, 0.2) is 30.3 Å². The number of hydrogen-bond donors (Lipinski definition) is 2. The van der Waals surface area contributed by atoms with Crippen molar-refractivity contribution in [2.45, 2.75) is 51.1 Å². The summed E-state index contributed by atoms with van der Waals surface area (Å²) < 4.78 is 0. The van der Waals surface area contributed by atoms with Crippen molar-refractivity contribution in [1.29, 1.82) is 0 Å². The topological polar surface area (TPSA) is 41.1 Å². The zero-order chi connectivity index (χ0) is 14.4. The molecule has 0 aromatic heterocycles. The first-order valence-corrected chi connectivity index (χ1v) is 7.71. The Morgan fingerprint density at radius 2 is 2.05 bits per heavy atom. The average molecular weight is 290 g/mol. The maximum atomic E-state index is 11.9. The van der Waals surface area contributed by atoms with E-state index in [0.29, 0.717) is 11.0 Å². The van der Waals surface area contributed by atoms with Gasteiger partial charge in [-0.2, -0.15) is 0 Å². The Morgan fingerprint density at radius 3 is 2.65 bits per heavy atom. The van der Waals surface area contributed by atoms with Crippen molar-refractivity contribution in [3.8, 4) is 0 Å². The summed E-state index contributed by atoms with van der Waals surface area (Å²) in [6.07, 6.45) is 5.36. The van der Waals surface area contributed by atoms with Crippen LogP contribution in [-0.4, -0.2) is 23.0 Å². The van der Waals surface area contributed by atoms with Crippen molar-refractivity contribution in [3.63, 3.8) is 0 Å². The van der Waals surface area contributed by atoms with Gasteiger partial charge in [-0.3, -0.25) is 4.79 Å². The number of aryl methyl sites for hydroxylation is 1. The van der Waals surface area contributed by atoms with Crippen molar-refractivity contribution in [3.05, 3.63) is 35.9 Å². The van der Waals surface area contributed by atoms with Gasteiger partial charge in [0.1, 0.15) is 0 Å². The molecule has 1 fully saturated rings. The largest absolute Gasteiger partial charge is 0.369 e. The number of rotatable bonds is 5. The van der Waals surface area contributed by atoms with E-state index in [-0.39, 0.29) is 11.9 Å². The zero-order valence-corrected chi connectivity index (χ0v) is 12.7. The molecular weight excluding hydrogens is 268 g/mol. The lowest BCUT2D eigenvalue weighted by atomic mass is 9.93. The fourth-order valence-corrected chi connectivity index (χ4v) is 2.42. The number of hydrogen-bond acceptors (Lipinski definition) is 2. The van der Waals surface area contributed by atoms with Crippen molar-refractivity contribution in [2.24, 2.45) is 0 Å². The van der Waals surface area contributed by atoms with Crippen LogP contribution in [-0.2, 0) is 11.2 Å². The Kier molecular flexibility index (Phi) is 5.53. The van der Waals surface area contributed by atoms with Crippen LogP contribution in [0.1, 0.15) is 38.2 Å². The Morgan fingerprint density at radius 1 is 1.35 bits per heavy atom. The minimum Gasteiger partial charge on any atom is -0.369 e. The number of carbonyl (C=O) groups excluding carboxylic acids is 1. The van der Waals surface area contributed by atoms with Crippen molar-refractivity contribution < 1.29 is 4.79 Å². The lowest BCUT2D eigenvalue weighted by molar-refractivity contribution is -0.115. The van der Waals surface area contributed by atoms with Gasteiger partial charge in [0, 0.05) is 12.1 Å². The lowest BCUT2D eigenvalue weighted by Gasteiger charge is -2.27. The van der Waals surface area contributed by atoms with Gasteiger partial charge in [-0.05, 0) is 44.6 Å². The average Bonchev–Trinajstić information content (AvgIpc) is 2.41. The quantitative estimate of drug-likeness (QED) is 0.819. The number of carbonyl (C=O) groups is 1. The molecule has 1 aromatic rings. The van der Waals surface area contributed by atoms with Crippen molar-refractivity contribution in [1.82, 2.24) is 10.6 Å². The van der Waals surface area contributed by atoms with Gasteiger partial charge in [0.2, 0.25) is 0 Å². The summed E-state index contributed by atoms with van der Waals surface area (Å²) in [5, 5.41) is 6.08. The highest BCUT2D eigenvalue weighted by Crippen LogP contribution is 2.17. The minimum absolute atomic E-state index is 0.129. The standard InChI is InChI=1S/C16H22N2OS/c1-12(10-11-13-6-3-2-4-7-13)17-15(19)16(20)18-14-8-5-9-14/h2-4,6-7,12,14H,5,8-11H2,1H3,(H,17,19)(H,18,20). The molecule has 1 amide bonds. The molecule has 0 aliphatic heterocycles. The summed E-state index contributed by atoms with van der Waals surface area (Å²) in [7, 11) is 0. The maximum absolute atomic E-state index is 11.9. The van der Waals surface area contributed by atoms with Gasteiger partial charge in [-0.1, -0.05) is 42.5 Å². The van der Waals surface area contributed by atoms with Crippen LogP contribution in [0.4, 0.5) is 0 Å². The van der Waals surface area contributed by atoms with E-state index < -0.39 is 0 Å². The lowest BCUT2D eigenvalue weighted by Crippen LogP contribution is -2.48. The maximum Gasteiger partial charge on any atom is 0.278 e. The molecule has 2 rings (SSSR count). The highest BCUT2D eigenvalue weighted by atomic mass is 32.1. The summed E-state index contributed by atoms with van der Waals surface area (Å²) >= 11 is 5.13. The fraction of sp³-hybridized carbons (Fsp3) is 0.500. The molecule has 1 unspecified atom stereocenters. The predicted octanol–water partition coefficient (Wildman–Crippen LogP) is 2.59. The molecule has 108 valence electrons. The van der Waals surface area contributed by atoms with E-state index in [1.807, 2.05) is 25.1 Å². The summed E-state index contributed by atoms with van der Waals surface area (Å²) in [5.74, 6) is -0.146. The number of nitrogens with one attached hydrogen (secondary N) is 2. The van der Waals surface area contributed by atoms with Crippen LogP contribution in [0.2, 0.25) is 0 Å². The molecule has 1 aliphatic carbocycles. The summed E-state index contributed by atoms with van der Waals surface area (Å²) in [6, 6.07) is 10.8. The zero-order valence-electron chi connectivity index (χ0n) is 11.9. The third-order valence-electron chi connectivity index (χ3n) is 3.73. The Balaban J connectivity index is 1.69. The molecule has 3 nitrogen and oxygen atoms in total. The molecule has 20 heavy (non-hydrogen) atoms. The first-order valence-electron chi connectivity index (χ1n) is 7.30. The third-order valence-corrected chi connectivity index (χ3v) is 4.04. The first kappa shape index (κ1) is 15.0. The molecule has 0 heterocycles. The molecule has 4 heteroatoms. The smallest absolute Gasteiger partial charge is 0.278 e. The monoisotopic (exact) mass is 290 g/mol. The molecular formula is C16H22N2OS. The number of thiocarbonyl (C=S) groups is 1. The van der Waals surface area contributed by atoms with Crippen LogP contribution in [0.5, 0.6) is 0 Å². The number of benzene rings is 1. The molecule has 1 atom stereocenters. The van der Waals surface area contributed by atoms with Crippen LogP contribution in [0.3, 0.4) is 0 Å². The molecule has 1 saturated carbocycles. The minimum atomic E-state index is -0.146. The molecule has 0 saturated heterocycles. The second-order valence-electron chi connectivity index (χ2n) is 5.50. The highest BCUT2D eigenvalue weighted by molar-refractivity contribution is 7.82. The SMILES string of the molecule is CC(CCc1ccccc1)NC(=O)C(=S)NC1CCC1. The number of amides is 1. The van der Waals surface area contributed by atoms with E-state index in [4.69, 9.17) is 12.2 Å². The Labute approximate surface area is 126 Å². The molecule has 1 aromatic carbocycles. The Hall–Kier alpha value is -1.42. The Bertz CT molecular complexity index is 457. The van der Waals surface area contributed by atoms with Gasteiger partial charge in [0.25, 0.3) is 5.91 Å². The normalized spacial score (nSPS) is 16.1. The molecule has 0 spiro atoms. The van der Waals surface area contributed by atoms with Crippen LogP contribution >= 0.6 is 12.2 Å². The van der Waals surface area contributed by atoms with E-state index in [0.717, 1.165) is 25.7 Å². The highest BCUT2D eigenvalue weighted by Gasteiger charge is 2.21. The molecule has 2 N–H and O–H groups in total. The van der Waals surface area contributed by atoms with Crippen molar-refractivity contribution in [2.75, 3.05) is 0 Å².